The van der Waals surface area contributed by atoms with Crippen LogP contribution in [0.3, 0.4) is 0 Å². The Morgan fingerprint density at radius 1 is 1.06 bits per heavy atom. The molecule has 0 aliphatic rings. The van der Waals surface area contributed by atoms with Crippen molar-refractivity contribution in [2.75, 3.05) is 0 Å². The van der Waals surface area contributed by atoms with E-state index in [2.05, 4.69) is 48.7 Å². The van der Waals surface area contributed by atoms with Gasteiger partial charge in [0.1, 0.15) is 0 Å². The minimum atomic E-state index is 1.17. The van der Waals surface area contributed by atoms with Crippen LogP contribution in [-0.4, -0.2) is 4.57 Å². The summed E-state index contributed by atoms with van der Waals surface area (Å²) in [5, 5.41) is 1.37. The number of para-hydroxylation sites is 1. The molecular weight excluding hydrogens is 194 g/mol. The van der Waals surface area contributed by atoms with Crippen molar-refractivity contribution in [2.45, 2.75) is 46.1 Å². The highest BCUT2D eigenvalue weighted by atomic mass is 15.0. The molecule has 1 nitrogen and oxygen atoms in total. The molecule has 1 heterocycles. The second kappa shape index (κ2) is 5.20. The van der Waals surface area contributed by atoms with Gasteiger partial charge in [0.2, 0.25) is 0 Å². The third kappa shape index (κ3) is 2.29. The van der Waals surface area contributed by atoms with Crippen molar-refractivity contribution in [1.82, 2.24) is 4.57 Å². The predicted molar refractivity (Wildman–Crippen MR) is 70.8 cm³/mol. The summed E-state index contributed by atoms with van der Waals surface area (Å²) in [4.78, 5) is 0. The van der Waals surface area contributed by atoms with E-state index < -0.39 is 0 Å². The van der Waals surface area contributed by atoms with Crippen molar-refractivity contribution in [2.24, 2.45) is 0 Å². The Morgan fingerprint density at radius 2 is 1.88 bits per heavy atom. The number of fused-ring (bicyclic) bond motifs is 1. The van der Waals surface area contributed by atoms with Gasteiger partial charge in [-0.25, -0.2) is 0 Å². The minimum absolute atomic E-state index is 1.17. The van der Waals surface area contributed by atoms with E-state index in [0.717, 1.165) is 0 Å². The predicted octanol–water partition coefficient (Wildman–Crippen LogP) is 4.53. The zero-order valence-corrected chi connectivity index (χ0v) is 10.4. The van der Waals surface area contributed by atoms with Crippen molar-refractivity contribution in [3.8, 4) is 0 Å². The van der Waals surface area contributed by atoms with Gasteiger partial charge < -0.3 is 4.57 Å². The molecule has 16 heavy (non-hydrogen) atoms. The molecule has 0 saturated heterocycles. The van der Waals surface area contributed by atoms with Gasteiger partial charge in [0.15, 0.2) is 0 Å². The van der Waals surface area contributed by atoms with Gasteiger partial charge in [-0.2, -0.15) is 0 Å². The lowest BCUT2D eigenvalue weighted by atomic mass is 10.2. The highest BCUT2D eigenvalue weighted by Gasteiger charge is 2.03. The summed E-state index contributed by atoms with van der Waals surface area (Å²) in [5.74, 6) is 0. The summed E-state index contributed by atoms with van der Waals surface area (Å²) < 4.78 is 2.45. The molecule has 0 atom stereocenters. The van der Waals surface area contributed by atoms with E-state index >= 15 is 0 Å². The number of aryl methyl sites for hydroxylation is 2. The Kier molecular flexibility index (Phi) is 3.66. The summed E-state index contributed by atoms with van der Waals surface area (Å²) in [5.41, 5.74) is 2.77. The van der Waals surface area contributed by atoms with Crippen LogP contribution >= 0.6 is 0 Å². The highest BCUT2D eigenvalue weighted by Crippen LogP contribution is 2.19. The Morgan fingerprint density at radius 3 is 2.69 bits per heavy atom. The molecule has 86 valence electrons. The fourth-order valence-corrected chi connectivity index (χ4v) is 2.34. The molecule has 0 aliphatic heterocycles. The second-order valence-corrected chi connectivity index (χ2v) is 4.56. The Bertz CT molecular complexity index is 453. The molecule has 0 N–H and O–H groups in total. The minimum Gasteiger partial charge on any atom is -0.345 e. The van der Waals surface area contributed by atoms with Crippen LogP contribution in [0.5, 0.6) is 0 Å². The van der Waals surface area contributed by atoms with Gasteiger partial charge in [-0.1, -0.05) is 44.4 Å². The number of rotatable bonds is 5. The number of hydrogen-bond donors (Lipinski definition) is 0. The first-order valence-corrected chi connectivity index (χ1v) is 6.38. The van der Waals surface area contributed by atoms with Crippen molar-refractivity contribution in [3.05, 3.63) is 36.0 Å². The molecule has 0 fully saturated rings. The lowest BCUT2D eigenvalue weighted by Gasteiger charge is -2.07. The molecule has 0 unspecified atom stereocenters. The van der Waals surface area contributed by atoms with Gasteiger partial charge in [0.25, 0.3) is 0 Å². The Hall–Kier alpha value is -1.24. The van der Waals surface area contributed by atoms with Gasteiger partial charge >= 0.3 is 0 Å². The molecule has 0 saturated carbocycles. The van der Waals surface area contributed by atoms with Crippen LogP contribution < -0.4 is 0 Å². The third-order valence-corrected chi connectivity index (χ3v) is 3.25. The average Bonchev–Trinajstić information content (AvgIpc) is 2.61. The number of nitrogens with zero attached hydrogens (tertiary/aromatic N) is 1. The van der Waals surface area contributed by atoms with E-state index in [9.17, 15) is 0 Å². The first-order chi connectivity index (χ1) is 7.83. The van der Waals surface area contributed by atoms with E-state index in [-0.39, 0.29) is 0 Å². The van der Waals surface area contributed by atoms with Gasteiger partial charge in [-0.3, -0.25) is 0 Å². The summed E-state index contributed by atoms with van der Waals surface area (Å²) in [6.45, 7) is 5.63. The van der Waals surface area contributed by atoms with Crippen LogP contribution in [0.4, 0.5) is 0 Å². The first kappa shape index (κ1) is 11.3. The fourth-order valence-electron chi connectivity index (χ4n) is 2.34. The van der Waals surface area contributed by atoms with Crippen LogP contribution in [0.15, 0.2) is 30.3 Å². The Balaban J connectivity index is 2.13. The lowest BCUT2D eigenvalue weighted by Crippen LogP contribution is -1.99. The smallest absolute Gasteiger partial charge is 0.0482 e. The van der Waals surface area contributed by atoms with Crippen molar-refractivity contribution >= 4 is 10.9 Å². The maximum atomic E-state index is 2.45. The summed E-state index contributed by atoms with van der Waals surface area (Å²) in [7, 11) is 0. The Labute approximate surface area is 98.1 Å². The molecule has 0 aliphatic carbocycles. The van der Waals surface area contributed by atoms with Gasteiger partial charge in [0.05, 0.1) is 0 Å². The number of aromatic nitrogens is 1. The zero-order valence-electron chi connectivity index (χ0n) is 10.4. The molecule has 0 spiro atoms. The molecule has 1 heteroatoms. The van der Waals surface area contributed by atoms with Crippen LogP contribution in [0.25, 0.3) is 10.9 Å². The van der Waals surface area contributed by atoms with Crippen LogP contribution in [0.2, 0.25) is 0 Å². The van der Waals surface area contributed by atoms with Crippen LogP contribution in [0.1, 0.15) is 38.3 Å². The maximum Gasteiger partial charge on any atom is 0.0482 e. The highest BCUT2D eigenvalue weighted by molar-refractivity contribution is 5.81. The van der Waals surface area contributed by atoms with E-state index in [0.29, 0.717) is 0 Å². The molecule has 0 amide bonds. The van der Waals surface area contributed by atoms with Crippen molar-refractivity contribution < 1.29 is 0 Å². The van der Waals surface area contributed by atoms with Gasteiger partial charge in [-0.05, 0) is 30.9 Å². The monoisotopic (exact) mass is 215 g/mol. The standard InChI is InChI=1S/C15H21N/c1-3-4-5-8-11-16-13(2)12-14-9-6-7-10-15(14)16/h6-7,9-10,12H,3-5,8,11H2,1-2H3. The van der Waals surface area contributed by atoms with E-state index in [1.165, 1.54) is 48.8 Å². The van der Waals surface area contributed by atoms with E-state index in [1.54, 1.807) is 0 Å². The molecule has 2 rings (SSSR count). The topological polar surface area (TPSA) is 4.93 Å². The lowest BCUT2D eigenvalue weighted by molar-refractivity contribution is 0.586. The molecule has 1 aromatic heterocycles. The molecular formula is C15H21N. The molecule has 2 aromatic rings. The normalized spacial score (nSPS) is 11.1. The van der Waals surface area contributed by atoms with Gasteiger partial charge in [0, 0.05) is 17.8 Å². The van der Waals surface area contributed by atoms with Gasteiger partial charge in [-0.15, -0.1) is 0 Å². The van der Waals surface area contributed by atoms with Crippen LogP contribution in [-0.2, 0) is 6.54 Å². The number of benzene rings is 1. The zero-order chi connectivity index (χ0) is 11.4. The van der Waals surface area contributed by atoms with Crippen LogP contribution in [0, 0.1) is 6.92 Å². The largest absolute Gasteiger partial charge is 0.345 e. The summed E-state index contributed by atoms with van der Waals surface area (Å²) in [6, 6.07) is 11.0. The van der Waals surface area contributed by atoms with E-state index in [1.807, 2.05) is 0 Å². The first-order valence-electron chi connectivity index (χ1n) is 6.38. The average molecular weight is 215 g/mol. The van der Waals surface area contributed by atoms with E-state index in [4.69, 9.17) is 0 Å². The molecule has 0 radical (unpaired) electrons. The third-order valence-electron chi connectivity index (χ3n) is 3.25. The summed E-state index contributed by atoms with van der Waals surface area (Å²) in [6.07, 6.45) is 5.32. The quantitative estimate of drug-likeness (QED) is 0.646. The van der Waals surface area contributed by atoms with Crippen molar-refractivity contribution in [3.63, 3.8) is 0 Å². The number of unbranched alkanes of at least 4 members (excludes halogenated alkanes) is 3. The SMILES string of the molecule is CCCCCCn1c(C)cc2ccccc21. The molecule has 0 bridgehead atoms. The fraction of sp³-hybridized carbons (Fsp3) is 0.467. The van der Waals surface area contributed by atoms with Crippen molar-refractivity contribution in [1.29, 1.82) is 0 Å². The summed E-state index contributed by atoms with van der Waals surface area (Å²) >= 11 is 0. The molecule has 1 aromatic carbocycles. The maximum absolute atomic E-state index is 2.45. The number of hydrogen-bond acceptors (Lipinski definition) is 0. The second-order valence-electron chi connectivity index (χ2n) is 4.56.